The minimum Gasteiger partial charge on any atom is -0.346 e. The Hall–Kier alpha value is -1.96. The van der Waals surface area contributed by atoms with Gasteiger partial charge in [-0.2, -0.15) is 0 Å². The van der Waals surface area contributed by atoms with E-state index in [0.717, 1.165) is 20.7 Å². The molecule has 3 aromatic rings. The van der Waals surface area contributed by atoms with Crippen molar-refractivity contribution in [2.45, 2.75) is 37.3 Å². The van der Waals surface area contributed by atoms with E-state index in [4.69, 9.17) is 0 Å². The zero-order chi connectivity index (χ0) is 18.0. The molecule has 1 amide bonds. The van der Waals surface area contributed by atoms with Crippen molar-refractivity contribution in [3.8, 4) is 5.69 Å². The summed E-state index contributed by atoms with van der Waals surface area (Å²) in [5.74, 6) is 0.735. The van der Waals surface area contributed by atoms with Crippen LogP contribution in [-0.4, -0.2) is 50.5 Å². The predicted octanol–water partition coefficient (Wildman–Crippen LogP) is 3.26. The van der Waals surface area contributed by atoms with Gasteiger partial charge in [-0.1, -0.05) is 11.3 Å². The van der Waals surface area contributed by atoms with Gasteiger partial charge in [0.25, 0.3) is 5.91 Å². The van der Waals surface area contributed by atoms with E-state index in [1.807, 2.05) is 18.3 Å². The molecule has 146 valence electrons. The second-order valence-electron chi connectivity index (χ2n) is 8.06. The number of hydrogen-bond acceptors (Lipinski definition) is 5. The number of hydrogen-bond donors (Lipinski definition) is 1. The summed E-state index contributed by atoms with van der Waals surface area (Å²) in [5.41, 5.74) is 1.23. The molecule has 1 unspecified atom stereocenters. The highest BCUT2D eigenvalue weighted by molar-refractivity contribution is 7.20. The Balaban J connectivity index is 0.00000171. The molecule has 1 atom stereocenters. The third-order valence-corrected chi connectivity index (χ3v) is 7.78. The van der Waals surface area contributed by atoms with Crippen molar-refractivity contribution >= 4 is 39.7 Å². The number of halogens is 1. The van der Waals surface area contributed by atoms with Crippen LogP contribution in [0.1, 0.15) is 35.4 Å². The molecule has 1 saturated carbocycles. The van der Waals surface area contributed by atoms with Gasteiger partial charge in [-0.05, 0) is 68.3 Å². The quantitative estimate of drug-likeness (QED) is 0.713. The van der Waals surface area contributed by atoms with Crippen LogP contribution in [0, 0.1) is 5.92 Å². The third-order valence-electron chi connectivity index (χ3n) is 6.68. The molecule has 4 fully saturated rings. The van der Waals surface area contributed by atoms with Crippen LogP contribution in [-0.2, 0) is 0 Å². The highest BCUT2D eigenvalue weighted by Crippen LogP contribution is 2.53. The van der Waals surface area contributed by atoms with Gasteiger partial charge in [0.05, 0.1) is 29.0 Å². The maximum absolute atomic E-state index is 13.0. The first kappa shape index (κ1) is 18.1. The zero-order valence-corrected chi connectivity index (χ0v) is 17.0. The van der Waals surface area contributed by atoms with Crippen LogP contribution in [0.15, 0.2) is 36.7 Å². The van der Waals surface area contributed by atoms with Crippen LogP contribution in [0.25, 0.3) is 15.8 Å². The molecule has 6 nitrogen and oxygen atoms in total. The Morgan fingerprint density at radius 2 is 2.04 bits per heavy atom. The zero-order valence-electron chi connectivity index (χ0n) is 15.4. The Bertz CT molecular complexity index is 1020. The first-order valence-corrected chi connectivity index (χ1v) is 10.5. The van der Waals surface area contributed by atoms with Gasteiger partial charge in [0.1, 0.15) is 0 Å². The molecule has 3 saturated heterocycles. The van der Waals surface area contributed by atoms with Gasteiger partial charge in [-0.3, -0.25) is 9.69 Å². The molecule has 1 aliphatic carbocycles. The summed E-state index contributed by atoms with van der Waals surface area (Å²) >= 11 is 1.56. The lowest BCUT2D eigenvalue weighted by Crippen LogP contribution is -2.65. The molecule has 28 heavy (non-hydrogen) atoms. The maximum atomic E-state index is 13.0. The Labute approximate surface area is 173 Å². The number of carbonyl (C=O) groups is 1. The summed E-state index contributed by atoms with van der Waals surface area (Å²) in [6.45, 7) is 2.43. The van der Waals surface area contributed by atoms with Crippen LogP contribution in [0.2, 0.25) is 0 Å². The Morgan fingerprint density at radius 3 is 2.75 bits per heavy atom. The SMILES string of the molecule is Cl.O=C(NC1C2CCN(CC2)C12CC2)c1cc2ccc(-n3ccnn3)cc2s1. The predicted molar refractivity (Wildman–Crippen MR) is 112 cm³/mol. The van der Waals surface area contributed by atoms with E-state index in [9.17, 15) is 4.79 Å². The molecule has 1 spiro atoms. The van der Waals surface area contributed by atoms with Gasteiger partial charge in [0.2, 0.25) is 0 Å². The fraction of sp³-hybridized carbons (Fsp3) is 0.450. The molecular weight excluding hydrogens is 394 g/mol. The number of nitrogens with one attached hydrogen (secondary N) is 1. The van der Waals surface area contributed by atoms with Crippen LogP contribution >= 0.6 is 23.7 Å². The lowest BCUT2D eigenvalue weighted by Gasteiger charge is -2.52. The Kier molecular flexibility index (Phi) is 4.23. The number of thiophene rings is 1. The van der Waals surface area contributed by atoms with Gasteiger partial charge < -0.3 is 5.32 Å². The highest BCUT2D eigenvalue weighted by atomic mass is 35.5. The van der Waals surface area contributed by atoms with Crippen molar-refractivity contribution < 1.29 is 4.79 Å². The van der Waals surface area contributed by atoms with Crippen LogP contribution in [0.5, 0.6) is 0 Å². The molecule has 7 rings (SSSR count). The van der Waals surface area contributed by atoms with Crippen LogP contribution in [0.4, 0.5) is 0 Å². The molecular formula is C20H22ClN5OS. The van der Waals surface area contributed by atoms with Gasteiger partial charge in [-0.15, -0.1) is 28.8 Å². The van der Waals surface area contributed by atoms with E-state index in [1.54, 1.807) is 22.2 Å². The summed E-state index contributed by atoms with van der Waals surface area (Å²) in [4.78, 5) is 16.5. The topological polar surface area (TPSA) is 63.1 Å². The minimum absolute atomic E-state index is 0. The van der Waals surface area contributed by atoms with Crippen molar-refractivity contribution in [1.82, 2.24) is 25.2 Å². The molecule has 1 N–H and O–H groups in total. The minimum atomic E-state index is 0. The van der Waals surface area contributed by atoms with Gasteiger partial charge in [0, 0.05) is 10.2 Å². The van der Waals surface area contributed by atoms with E-state index >= 15 is 0 Å². The summed E-state index contributed by atoms with van der Waals surface area (Å²) in [7, 11) is 0. The van der Waals surface area contributed by atoms with Crippen LogP contribution < -0.4 is 5.32 Å². The molecule has 8 heteroatoms. The number of nitrogens with zero attached hydrogens (tertiary/aromatic N) is 4. The molecule has 0 radical (unpaired) electrons. The lowest BCUT2D eigenvalue weighted by molar-refractivity contribution is -0.00138. The molecule has 5 heterocycles. The van der Waals surface area contributed by atoms with E-state index in [-0.39, 0.29) is 23.9 Å². The first-order chi connectivity index (χ1) is 13.2. The number of carbonyl (C=O) groups excluding carboxylic acids is 1. The molecule has 3 aliphatic heterocycles. The number of benzene rings is 1. The number of piperidine rings is 3. The largest absolute Gasteiger partial charge is 0.346 e. The standard InChI is InChI=1S/C20H21N5OS.ClH/c26-19(22-18-13-3-8-24(9-4-13)20(18)5-6-20)17-11-14-1-2-15(12-16(14)27-17)25-10-7-21-23-25;/h1-2,7,10-13,18H,3-6,8-9H2,(H,22,26);1H. The number of aromatic nitrogens is 3. The lowest BCUT2D eigenvalue weighted by atomic mass is 9.77. The van der Waals surface area contributed by atoms with E-state index in [0.29, 0.717) is 12.0 Å². The summed E-state index contributed by atoms with van der Waals surface area (Å²) in [5, 5.41) is 12.4. The fourth-order valence-electron chi connectivity index (χ4n) is 5.15. The normalized spacial score (nSPS) is 26.9. The van der Waals surface area contributed by atoms with E-state index < -0.39 is 0 Å². The summed E-state index contributed by atoms with van der Waals surface area (Å²) in [6, 6.07) is 8.47. The van der Waals surface area contributed by atoms with Crippen molar-refractivity contribution in [2.75, 3.05) is 13.1 Å². The van der Waals surface area contributed by atoms with Gasteiger partial charge >= 0.3 is 0 Å². The smallest absolute Gasteiger partial charge is 0.261 e. The molecule has 2 bridgehead atoms. The van der Waals surface area contributed by atoms with Crippen molar-refractivity contribution in [3.05, 3.63) is 41.5 Å². The number of rotatable bonds is 3. The van der Waals surface area contributed by atoms with Crippen molar-refractivity contribution in [2.24, 2.45) is 5.92 Å². The molecule has 1 aromatic carbocycles. The average Bonchev–Trinajstić information content (AvgIpc) is 3.11. The summed E-state index contributed by atoms with van der Waals surface area (Å²) < 4.78 is 2.84. The van der Waals surface area contributed by atoms with Gasteiger partial charge in [0.15, 0.2) is 0 Å². The van der Waals surface area contributed by atoms with Gasteiger partial charge in [-0.25, -0.2) is 4.68 Å². The fourth-order valence-corrected chi connectivity index (χ4v) is 6.15. The number of fused-ring (bicyclic) bond motifs is 3. The Morgan fingerprint density at radius 1 is 1.21 bits per heavy atom. The second-order valence-corrected chi connectivity index (χ2v) is 9.14. The molecule has 2 aromatic heterocycles. The highest BCUT2D eigenvalue weighted by Gasteiger charge is 2.60. The van der Waals surface area contributed by atoms with Crippen molar-refractivity contribution in [1.29, 1.82) is 0 Å². The second kappa shape index (κ2) is 6.54. The van der Waals surface area contributed by atoms with Crippen LogP contribution in [0.3, 0.4) is 0 Å². The van der Waals surface area contributed by atoms with E-state index in [1.165, 1.54) is 38.8 Å². The monoisotopic (exact) mass is 415 g/mol. The van der Waals surface area contributed by atoms with E-state index in [2.05, 4.69) is 32.7 Å². The first-order valence-electron chi connectivity index (χ1n) is 9.69. The molecule has 4 aliphatic rings. The summed E-state index contributed by atoms with van der Waals surface area (Å²) in [6.07, 6.45) is 8.41. The maximum Gasteiger partial charge on any atom is 0.261 e. The number of amides is 1. The third kappa shape index (κ3) is 2.68. The average molecular weight is 416 g/mol. The van der Waals surface area contributed by atoms with Crippen molar-refractivity contribution in [3.63, 3.8) is 0 Å².